The number of benzene rings is 1. The van der Waals surface area contributed by atoms with Crippen molar-refractivity contribution in [1.29, 1.82) is 0 Å². The van der Waals surface area contributed by atoms with Gasteiger partial charge in [0.15, 0.2) is 0 Å². The van der Waals surface area contributed by atoms with Crippen molar-refractivity contribution in [1.82, 2.24) is 10.3 Å². The van der Waals surface area contributed by atoms with E-state index in [-0.39, 0.29) is 6.04 Å². The topological polar surface area (TPSA) is 38.1 Å². The fraction of sp³-hybridized carbons (Fsp3) is 0.357. The van der Waals surface area contributed by atoms with Crippen molar-refractivity contribution in [3.05, 3.63) is 50.1 Å². The maximum absolute atomic E-state index is 6.21. The van der Waals surface area contributed by atoms with Crippen LogP contribution in [0.3, 0.4) is 0 Å². The van der Waals surface area contributed by atoms with Gasteiger partial charge in [0.1, 0.15) is 5.76 Å². The number of rotatable bonds is 4. The Morgan fingerprint density at radius 2 is 1.90 bits per heavy atom. The van der Waals surface area contributed by atoms with Crippen LogP contribution in [0.25, 0.3) is 0 Å². The molecule has 0 aliphatic carbocycles. The van der Waals surface area contributed by atoms with E-state index in [1.54, 1.807) is 6.07 Å². The minimum Gasteiger partial charge on any atom is -0.444 e. The van der Waals surface area contributed by atoms with Crippen LogP contribution in [0.2, 0.25) is 15.1 Å². The zero-order chi connectivity index (χ0) is 14.9. The van der Waals surface area contributed by atoms with Gasteiger partial charge in [-0.15, -0.1) is 0 Å². The van der Waals surface area contributed by atoms with Crippen molar-refractivity contribution in [2.75, 3.05) is 0 Å². The van der Waals surface area contributed by atoms with Gasteiger partial charge >= 0.3 is 0 Å². The molecule has 0 spiro atoms. The Morgan fingerprint density at radius 3 is 2.50 bits per heavy atom. The van der Waals surface area contributed by atoms with Gasteiger partial charge in [-0.1, -0.05) is 40.9 Å². The molecule has 0 fully saturated rings. The fourth-order valence-corrected chi connectivity index (χ4v) is 2.55. The zero-order valence-corrected chi connectivity index (χ0v) is 13.7. The molecule has 2 rings (SSSR count). The largest absolute Gasteiger partial charge is 0.444 e. The summed E-state index contributed by atoms with van der Waals surface area (Å²) >= 11 is 18.2. The average Bonchev–Trinajstić information content (AvgIpc) is 2.73. The van der Waals surface area contributed by atoms with Gasteiger partial charge < -0.3 is 9.73 Å². The minimum absolute atomic E-state index is 0.00442. The highest BCUT2D eigenvalue weighted by Gasteiger charge is 2.15. The summed E-state index contributed by atoms with van der Waals surface area (Å²) in [6.45, 7) is 6.33. The van der Waals surface area contributed by atoms with Crippen LogP contribution in [0.1, 0.15) is 35.9 Å². The second-order valence-corrected chi connectivity index (χ2v) is 5.78. The lowest BCUT2D eigenvalue weighted by Crippen LogP contribution is -2.18. The SMILES string of the molecule is Cc1nc(CNC(C)c2ccc(Cl)c(Cl)c2Cl)oc1C. The number of aromatic nitrogens is 1. The molecule has 1 heterocycles. The second kappa shape index (κ2) is 6.35. The highest BCUT2D eigenvalue weighted by Crippen LogP contribution is 2.35. The Balaban J connectivity index is 2.09. The van der Waals surface area contributed by atoms with Crippen molar-refractivity contribution >= 4 is 34.8 Å². The van der Waals surface area contributed by atoms with Crippen LogP contribution in [0.5, 0.6) is 0 Å². The number of hydrogen-bond acceptors (Lipinski definition) is 3. The van der Waals surface area contributed by atoms with Gasteiger partial charge in [0.05, 0.1) is 27.3 Å². The van der Waals surface area contributed by atoms with Crippen molar-refractivity contribution in [2.24, 2.45) is 0 Å². The molecule has 1 atom stereocenters. The van der Waals surface area contributed by atoms with E-state index in [0.29, 0.717) is 27.5 Å². The van der Waals surface area contributed by atoms with Crippen molar-refractivity contribution in [2.45, 2.75) is 33.4 Å². The molecule has 0 aliphatic rings. The quantitative estimate of drug-likeness (QED) is 0.791. The first-order valence-electron chi connectivity index (χ1n) is 6.19. The summed E-state index contributed by atoms with van der Waals surface area (Å²) in [5, 5.41) is 4.60. The Kier molecular flexibility index (Phi) is 4.97. The summed E-state index contributed by atoms with van der Waals surface area (Å²) in [5.74, 6) is 1.49. The molecule has 1 unspecified atom stereocenters. The summed E-state index contributed by atoms with van der Waals surface area (Å²) in [5.41, 5.74) is 1.79. The van der Waals surface area contributed by atoms with Gasteiger partial charge in [-0.3, -0.25) is 0 Å². The molecule has 0 saturated carbocycles. The number of oxazole rings is 1. The smallest absolute Gasteiger partial charge is 0.208 e. The molecule has 20 heavy (non-hydrogen) atoms. The van der Waals surface area contributed by atoms with Crippen molar-refractivity contribution in [3.63, 3.8) is 0 Å². The second-order valence-electron chi connectivity index (χ2n) is 4.62. The van der Waals surface area contributed by atoms with Gasteiger partial charge in [-0.05, 0) is 32.4 Å². The van der Waals surface area contributed by atoms with Gasteiger partial charge in [-0.2, -0.15) is 0 Å². The van der Waals surface area contributed by atoms with Crippen LogP contribution in [0, 0.1) is 13.8 Å². The summed E-state index contributed by atoms with van der Waals surface area (Å²) in [7, 11) is 0. The molecular formula is C14H15Cl3N2O. The van der Waals surface area contributed by atoms with Crippen LogP contribution in [0.15, 0.2) is 16.5 Å². The third kappa shape index (κ3) is 3.29. The van der Waals surface area contributed by atoms with Gasteiger partial charge in [0.2, 0.25) is 5.89 Å². The number of nitrogens with one attached hydrogen (secondary N) is 1. The first-order chi connectivity index (χ1) is 9.40. The van der Waals surface area contributed by atoms with Crippen LogP contribution < -0.4 is 5.32 Å². The summed E-state index contributed by atoms with van der Waals surface area (Å²) < 4.78 is 5.52. The Morgan fingerprint density at radius 1 is 1.20 bits per heavy atom. The summed E-state index contributed by atoms with van der Waals surface area (Å²) in [4.78, 5) is 4.32. The Labute approximate surface area is 133 Å². The van der Waals surface area contributed by atoms with Crippen LogP contribution >= 0.6 is 34.8 Å². The fourth-order valence-electron chi connectivity index (χ4n) is 1.84. The zero-order valence-electron chi connectivity index (χ0n) is 11.4. The molecule has 3 nitrogen and oxygen atoms in total. The van der Waals surface area contributed by atoms with Crippen LogP contribution in [-0.2, 0) is 6.54 Å². The monoisotopic (exact) mass is 332 g/mol. The average molecular weight is 334 g/mol. The molecule has 0 saturated heterocycles. The lowest BCUT2D eigenvalue weighted by Gasteiger charge is -2.15. The van der Waals surface area contributed by atoms with Crippen molar-refractivity contribution in [3.8, 4) is 0 Å². The van der Waals surface area contributed by atoms with E-state index in [1.807, 2.05) is 26.8 Å². The predicted molar refractivity (Wildman–Crippen MR) is 82.7 cm³/mol. The van der Waals surface area contributed by atoms with Crippen LogP contribution in [-0.4, -0.2) is 4.98 Å². The number of hydrogen-bond donors (Lipinski definition) is 1. The standard InChI is InChI=1S/C14H15Cl3N2O/c1-7-9(3)20-12(19-7)6-18-8(2)10-4-5-11(15)14(17)13(10)16/h4-5,8,18H,6H2,1-3H3. The van der Waals surface area contributed by atoms with E-state index in [4.69, 9.17) is 39.2 Å². The first kappa shape index (κ1) is 15.6. The van der Waals surface area contributed by atoms with Crippen molar-refractivity contribution < 1.29 is 4.42 Å². The number of nitrogens with zero attached hydrogens (tertiary/aromatic N) is 1. The highest BCUT2D eigenvalue weighted by atomic mass is 35.5. The van der Waals surface area contributed by atoms with E-state index in [2.05, 4.69) is 10.3 Å². The first-order valence-corrected chi connectivity index (χ1v) is 7.33. The molecule has 6 heteroatoms. The van der Waals surface area contributed by atoms with Crippen LogP contribution in [0.4, 0.5) is 0 Å². The lowest BCUT2D eigenvalue weighted by atomic mass is 10.1. The molecule has 0 aliphatic heterocycles. The molecule has 0 bridgehead atoms. The normalized spacial score (nSPS) is 12.7. The molecule has 0 amide bonds. The van der Waals surface area contributed by atoms with E-state index < -0.39 is 0 Å². The predicted octanol–water partition coefficient (Wildman–Crippen LogP) is 5.10. The molecule has 1 N–H and O–H groups in total. The van der Waals surface area contributed by atoms with E-state index in [0.717, 1.165) is 17.0 Å². The Bertz CT molecular complexity index is 606. The highest BCUT2D eigenvalue weighted by molar-refractivity contribution is 6.48. The third-order valence-corrected chi connectivity index (χ3v) is 4.47. The number of halogens is 3. The van der Waals surface area contributed by atoms with E-state index >= 15 is 0 Å². The minimum atomic E-state index is 0.00442. The van der Waals surface area contributed by atoms with Gasteiger partial charge in [-0.25, -0.2) is 4.98 Å². The molecular weight excluding hydrogens is 319 g/mol. The molecule has 1 aromatic carbocycles. The maximum atomic E-state index is 6.21. The molecule has 2 aromatic rings. The molecule has 1 aromatic heterocycles. The van der Waals surface area contributed by atoms with E-state index in [1.165, 1.54) is 0 Å². The van der Waals surface area contributed by atoms with Gasteiger partial charge in [0.25, 0.3) is 0 Å². The number of aryl methyl sites for hydroxylation is 2. The Hall–Kier alpha value is -0.740. The lowest BCUT2D eigenvalue weighted by molar-refractivity contribution is 0.432. The molecule has 108 valence electrons. The maximum Gasteiger partial charge on any atom is 0.208 e. The molecule has 0 radical (unpaired) electrons. The third-order valence-electron chi connectivity index (χ3n) is 3.16. The summed E-state index contributed by atoms with van der Waals surface area (Å²) in [6.07, 6.45) is 0. The summed E-state index contributed by atoms with van der Waals surface area (Å²) in [6, 6.07) is 3.60. The van der Waals surface area contributed by atoms with Gasteiger partial charge in [0, 0.05) is 6.04 Å². The van der Waals surface area contributed by atoms with E-state index in [9.17, 15) is 0 Å².